The van der Waals surface area contributed by atoms with Gasteiger partial charge < -0.3 is 14.7 Å². The Bertz CT molecular complexity index is 634. The molecule has 2 aliphatic rings. The Balaban J connectivity index is 1.58. The molecule has 7 nitrogen and oxygen atoms in total. The van der Waals surface area contributed by atoms with Crippen LogP contribution in [0.1, 0.15) is 17.4 Å². The van der Waals surface area contributed by atoms with E-state index in [1.165, 1.54) is 6.07 Å². The molecule has 0 bridgehead atoms. The standard InChI is InChI=1S/C17H24N4O3S/c1-18-8-10-19(11-9-18)6-3-7-20-16(22)13-25-17(20)14-4-2-5-15(12-14)21(23)24/h2,4-5,12,17H,3,6-11,13H2,1H3. The van der Waals surface area contributed by atoms with Crippen molar-refractivity contribution in [2.75, 3.05) is 52.1 Å². The number of carbonyl (C=O) groups is 1. The van der Waals surface area contributed by atoms with Gasteiger partial charge in [-0.25, -0.2) is 0 Å². The van der Waals surface area contributed by atoms with Gasteiger partial charge in [0.15, 0.2) is 0 Å². The van der Waals surface area contributed by atoms with E-state index in [2.05, 4.69) is 16.8 Å². The van der Waals surface area contributed by atoms with Crippen molar-refractivity contribution in [2.45, 2.75) is 11.8 Å². The summed E-state index contributed by atoms with van der Waals surface area (Å²) in [5, 5.41) is 10.9. The van der Waals surface area contributed by atoms with Crippen molar-refractivity contribution in [3.63, 3.8) is 0 Å². The third-order valence-corrected chi connectivity index (χ3v) is 6.06. The lowest BCUT2D eigenvalue weighted by Crippen LogP contribution is -2.45. The number of thioether (sulfide) groups is 1. The first-order valence-corrected chi connectivity index (χ1v) is 9.66. The lowest BCUT2D eigenvalue weighted by atomic mass is 10.1. The molecule has 1 aromatic carbocycles. The second-order valence-corrected chi connectivity index (χ2v) is 7.67. The fourth-order valence-electron chi connectivity index (χ4n) is 3.30. The van der Waals surface area contributed by atoms with Gasteiger partial charge in [0.1, 0.15) is 5.37 Å². The summed E-state index contributed by atoms with van der Waals surface area (Å²) >= 11 is 1.55. The molecule has 2 heterocycles. The third-order valence-electron chi connectivity index (χ3n) is 4.80. The van der Waals surface area contributed by atoms with Crippen LogP contribution in [0.4, 0.5) is 5.69 Å². The van der Waals surface area contributed by atoms with Crippen LogP contribution in [-0.2, 0) is 4.79 Å². The molecule has 2 fully saturated rings. The zero-order valence-electron chi connectivity index (χ0n) is 14.5. The van der Waals surface area contributed by atoms with E-state index in [1.54, 1.807) is 23.9 Å². The predicted octanol–water partition coefficient (Wildman–Crippen LogP) is 1.81. The summed E-state index contributed by atoms with van der Waals surface area (Å²) in [7, 11) is 2.14. The predicted molar refractivity (Wildman–Crippen MR) is 98.6 cm³/mol. The molecule has 3 rings (SSSR count). The van der Waals surface area contributed by atoms with Crippen LogP contribution >= 0.6 is 11.8 Å². The number of piperazine rings is 1. The SMILES string of the molecule is CN1CCN(CCCN2C(=O)CSC2c2cccc([N+](=O)[O-])c2)CC1. The number of rotatable bonds is 6. The van der Waals surface area contributed by atoms with Crippen LogP contribution in [0.15, 0.2) is 24.3 Å². The molecule has 0 aliphatic carbocycles. The smallest absolute Gasteiger partial charge is 0.269 e. The van der Waals surface area contributed by atoms with Crippen LogP contribution in [0, 0.1) is 10.1 Å². The van der Waals surface area contributed by atoms with Crippen molar-refractivity contribution in [2.24, 2.45) is 0 Å². The van der Waals surface area contributed by atoms with Crippen LogP contribution in [-0.4, -0.2) is 77.6 Å². The van der Waals surface area contributed by atoms with Crippen molar-refractivity contribution >= 4 is 23.4 Å². The van der Waals surface area contributed by atoms with E-state index >= 15 is 0 Å². The van der Waals surface area contributed by atoms with Crippen LogP contribution in [0.2, 0.25) is 0 Å². The Morgan fingerprint density at radius 1 is 1.24 bits per heavy atom. The lowest BCUT2D eigenvalue weighted by Gasteiger charge is -2.33. The number of nitro groups is 1. The molecule has 136 valence electrons. The monoisotopic (exact) mass is 364 g/mol. The van der Waals surface area contributed by atoms with Gasteiger partial charge >= 0.3 is 0 Å². The van der Waals surface area contributed by atoms with Crippen molar-refractivity contribution < 1.29 is 9.72 Å². The highest BCUT2D eigenvalue weighted by atomic mass is 32.2. The summed E-state index contributed by atoms with van der Waals surface area (Å²) < 4.78 is 0. The highest BCUT2D eigenvalue weighted by molar-refractivity contribution is 8.00. The molecule has 0 saturated carbocycles. The molecule has 1 amide bonds. The number of likely N-dealkylation sites (N-methyl/N-ethyl adjacent to an activating group) is 1. The van der Waals surface area contributed by atoms with Crippen LogP contribution in [0.3, 0.4) is 0 Å². The van der Waals surface area contributed by atoms with E-state index in [0.717, 1.165) is 44.7 Å². The third kappa shape index (κ3) is 4.50. The Kier molecular flexibility index (Phi) is 5.93. The average Bonchev–Trinajstić information content (AvgIpc) is 2.98. The topological polar surface area (TPSA) is 69.9 Å². The quantitative estimate of drug-likeness (QED) is 0.566. The van der Waals surface area contributed by atoms with Gasteiger partial charge in [0, 0.05) is 44.9 Å². The van der Waals surface area contributed by atoms with Crippen molar-refractivity contribution in [1.82, 2.24) is 14.7 Å². The molecule has 0 spiro atoms. The van der Waals surface area contributed by atoms with Gasteiger partial charge in [0.05, 0.1) is 10.7 Å². The first kappa shape index (κ1) is 18.2. The summed E-state index contributed by atoms with van der Waals surface area (Å²) in [6.07, 6.45) is 0.932. The van der Waals surface area contributed by atoms with E-state index in [1.807, 2.05) is 11.0 Å². The maximum atomic E-state index is 12.3. The summed E-state index contributed by atoms with van der Waals surface area (Å²) in [5.41, 5.74) is 0.916. The van der Waals surface area contributed by atoms with Crippen molar-refractivity contribution in [1.29, 1.82) is 0 Å². The van der Waals surface area contributed by atoms with E-state index in [9.17, 15) is 14.9 Å². The number of nitrogens with zero attached hydrogens (tertiary/aromatic N) is 4. The molecule has 2 aliphatic heterocycles. The van der Waals surface area contributed by atoms with Gasteiger partial charge in [0.25, 0.3) is 5.69 Å². The second kappa shape index (κ2) is 8.16. The summed E-state index contributed by atoms with van der Waals surface area (Å²) in [5.74, 6) is 0.571. The molecule has 8 heteroatoms. The van der Waals surface area contributed by atoms with Gasteiger partial charge in [-0.05, 0) is 25.6 Å². The van der Waals surface area contributed by atoms with Gasteiger partial charge in [-0.15, -0.1) is 11.8 Å². The van der Waals surface area contributed by atoms with Gasteiger partial charge in [0.2, 0.25) is 5.91 Å². The molecule has 2 saturated heterocycles. The van der Waals surface area contributed by atoms with Crippen molar-refractivity contribution in [3.05, 3.63) is 39.9 Å². The number of benzene rings is 1. The minimum atomic E-state index is -0.386. The maximum absolute atomic E-state index is 12.3. The number of amides is 1. The zero-order valence-corrected chi connectivity index (χ0v) is 15.3. The number of carbonyl (C=O) groups excluding carboxylic acids is 1. The van der Waals surface area contributed by atoms with Crippen LogP contribution < -0.4 is 0 Å². The van der Waals surface area contributed by atoms with Crippen LogP contribution in [0.5, 0.6) is 0 Å². The number of hydrogen-bond donors (Lipinski definition) is 0. The van der Waals surface area contributed by atoms with E-state index in [-0.39, 0.29) is 21.9 Å². The molecular weight excluding hydrogens is 340 g/mol. The number of hydrogen-bond acceptors (Lipinski definition) is 6. The Labute approximate surface area is 152 Å². The van der Waals surface area contributed by atoms with Gasteiger partial charge in [-0.3, -0.25) is 14.9 Å². The highest BCUT2D eigenvalue weighted by Crippen LogP contribution is 2.39. The fourth-order valence-corrected chi connectivity index (χ4v) is 4.51. The second-order valence-electron chi connectivity index (χ2n) is 6.60. The van der Waals surface area contributed by atoms with Gasteiger partial charge in [-0.1, -0.05) is 12.1 Å². The molecule has 1 aromatic rings. The number of nitro benzene ring substituents is 1. The largest absolute Gasteiger partial charge is 0.326 e. The molecular formula is C17H24N4O3S. The molecule has 0 radical (unpaired) electrons. The Morgan fingerprint density at radius 3 is 2.72 bits per heavy atom. The summed E-state index contributed by atoms with van der Waals surface area (Å²) in [4.78, 5) is 29.5. The van der Waals surface area contributed by atoms with E-state index < -0.39 is 0 Å². The normalized spacial score (nSPS) is 22.5. The maximum Gasteiger partial charge on any atom is 0.269 e. The molecule has 1 unspecified atom stereocenters. The first-order chi connectivity index (χ1) is 12.0. The molecule has 25 heavy (non-hydrogen) atoms. The summed E-state index contributed by atoms with van der Waals surface area (Å²) in [6.45, 7) is 6.03. The first-order valence-electron chi connectivity index (χ1n) is 8.61. The Morgan fingerprint density at radius 2 is 2.00 bits per heavy atom. The van der Waals surface area contributed by atoms with Gasteiger partial charge in [-0.2, -0.15) is 0 Å². The zero-order chi connectivity index (χ0) is 17.8. The molecule has 0 aromatic heterocycles. The van der Waals surface area contributed by atoms with Crippen molar-refractivity contribution in [3.8, 4) is 0 Å². The summed E-state index contributed by atoms with van der Waals surface area (Å²) in [6, 6.07) is 6.64. The number of non-ortho nitro benzene ring substituents is 1. The molecule has 1 atom stereocenters. The minimum Gasteiger partial charge on any atom is -0.326 e. The van der Waals surface area contributed by atoms with E-state index in [0.29, 0.717) is 12.3 Å². The lowest BCUT2D eigenvalue weighted by molar-refractivity contribution is -0.384. The van der Waals surface area contributed by atoms with Crippen LogP contribution in [0.25, 0.3) is 0 Å². The highest BCUT2D eigenvalue weighted by Gasteiger charge is 2.33. The van der Waals surface area contributed by atoms with E-state index in [4.69, 9.17) is 0 Å². The fraction of sp³-hybridized carbons (Fsp3) is 0.588. The Hall–Kier alpha value is -1.64. The minimum absolute atomic E-state index is 0.0786. The molecule has 0 N–H and O–H groups in total. The average molecular weight is 364 g/mol.